The maximum absolute atomic E-state index is 13.5. The third kappa shape index (κ3) is 2.80. The second-order valence-electron chi connectivity index (χ2n) is 3.61. The largest absolute Gasteiger partial charge is 0.381 e. The van der Waals surface area contributed by atoms with E-state index in [-0.39, 0.29) is 5.82 Å². The molecular formula is C12H7BrF2N4. The van der Waals surface area contributed by atoms with E-state index in [4.69, 9.17) is 11.0 Å². The average Bonchev–Trinajstić information content (AvgIpc) is 2.37. The molecule has 2 rings (SSSR count). The van der Waals surface area contributed by atoms with Crippen LogP contribution in [0, 0.1) is 23.0 Å². The lowest BCUT2D eigenvalue weighted by atomic mass is 10.2. The number of anilines is 3. The fourth-order valence-corrected chi connectivity index (χ4v) is 1.78. The molecule has 19 heavy (non-hydrogen) atoms. The number of nitrogens with zero attached hydrogens (tertiary/aromatic N) is 2. The van der Waals surface area contributed by atoms with E-state index in [1.165, 1.54) is 0 Å². The summed E-state index contributed by atoms with van der Waals surface area (Å²) in [5.41, 5.74) is 5.91. The first kappa shape index (κ1) is 13.2. The summed E-state index contributed by atoms with van der Waals surface area (Å²) in [4.78, 5) is 3.56. The molecule has 0 aliphatic carbocycles. The Bertz CT molecular complexity index is 682. The van der Waals surface area contributed by atoms with Crippen LogP contribution in [0.5, 0.6) is 0 Å². The molecule has 2 aromatic rings. The summed E-state index contributed by atoms with van der Waals surface area (Å²) in [5, 5.41) is 11.6. The van der Waals surface area contributed by atoms with E-state index in [2.05, 4.69) is 26.2 Å². The lowest BCUT2D eigenvalue weighted by Crippen LogP contribution is -2.04. The molecule has 0 fully saturated rings. The number of aromatic nitrogens is 1. The number of nitrogens with two attached hydrogens (primary N) is 1. The van der Waals surface area contributed by atoms with E-state index in [1.54, 1.807) is 18.2 Å². The van der Waals surface area contributed by atoms with E-state index in [9.17, 15) is 8.78 Å². The molecule has 0 atom stereocenters. The molecular weight excluding hydrogens is 318 g/mol. The molecule has 1 aromatic heterocycles. The molecule has 0 saturated heterocycles. The third-order valence-corrected chi connectivity index (χ3v) is 2.81. The van der Waals surface area contributed by atoms with Gasteiger partial charge in [-0.3, -0.25) is 0 Å². The van der Waals surface area contributed by atoms with Crippen LogP contribution in [0.3, 0.4) is 0 Å². The van der Waals surface area contributed by atoms with Crippen molar-refractivity contribution in [3.63, 3.8) is 0 Å². The number of hydrogen-bond acceptors (Lipinski definition) is 4. The fraction of sp³-hybridized carbons (Fsp3) is 0. The molecule has 0 bridgehead atoms. The smallest absolute Gasteiger partial charge is 0.169 e. The Morgan fingerprint density at radius 3 is 2.68 bits per heavy atom. The highest BCUT2D eigenvalue weighted by molar-refractivity contribution is 9.10. The van der Waals surface area contributed by atoms with Gasteiger partial charge in [-0.1, -0.05) is 15.9 Å². The van der Waals surface area contributed by atoms with Gasteiger partial charge in [0, 0.05) is 10.5 Å². The Kier molecular flexibility index (Phi) is 3.62. The second-order valence-corrected chi connectivity index (χ2v) is 4.53. The van der Waals surface area contributed by atoms with Gasteiger partial charge in [0.2, 0.25) is 0 Å². The Hall–Kier alpha value is -2.20. The number of pyridine rings is 1. The van der Waals surface area contributed by atoms with Crippen LogP contribution >= 0.6 is 15.9 Å². The number of rotatable bonds is 2. The molecule has 3 N–H and O–H groups in total. The predicted molar refractivity (Wildman–Crippen MR) is 70.7 cm³/mol. The monoisotopic (exact) mass is 324 g/mol. The number of benzene rings is 1. The number of halogens is 3. The van der Waals surface area contributed by atoms with E-state index >= 15 is 0 Å². The molecule has 0 spiro atoms. The van der Waals surface area contributed by atoms with Gasteiger partial charge in [-0.05, 0) is 18.2 Å². The van der Waals surface area contributed by atoms with Crippen molar-refractivity contribution in [1.29, 1.82) is 5.26 Å². The van der Waals surface area contributed by atoms with Crippen molar-refractivity contribution in [3.05, 3.63) is 45.9 Å². The number of nitriles is 1. The van der Waals surface area contributed by atoms with Gasteiger partial charge < -0.3 is 11.1 Å². The summed E-state index contributed by atoms with van der Waals surface area (Å²) >= 11 is 3.22. The van der Waals surface area contributed by atoms with Crippen LogP contribution in [0.25, 0.3) is 0 Å². The maximum Gasteiger partial charge on any atom is 0.169 e. The van der Waals surface area contributed by atoms with Crippen molar-refractivity contribution < 1.29 is 8.78 Å². The molecule has 1 aromatic carbocycles. The van der Waals surface area contributed by atoms with Gasteiger partial charge in [0.15, 0.2) is 23.3 Å². The molecule has 7 heteroatoms. The van der Waals surface area contributed by atoms with Gasteiger partial charge in [-0.15, -0.1) is 0 Å². The molecule has 0 aliphatic rings. The number of nitrogen functional groups attached to an aromatic ring is 1. The van der Waals surface area contributed by atoms with Crippen molar-refractivity contribution in [2.45, 2.75) is 0 Å². The van der Waals surface area contributed by atoms with E-state index in [0.717, 1.165) is 0 Å². The van der Waals surface area contributed by atoms with Crippen molar-refractivity contribution in [2.75, 3.05) is 11.1 Å². The summed E-state index contributed by atoms with van der Waals surface area (Å²) in [6.45, 7) is 0. The quantitative estimate of drug-likeness (QED) is 0.888. The molecule has 0 amide bonds. The molecule has 1 heterocycles. The highest BCUT2D eigenvalue weighted by Gasteiger charge is 2.11. The lowest BCUT2D eigenvalue weighted by molar-refractivity contribution is 0.581. The zero-order chi connectivity index (χ0) is 14.0. The zero-order valence-electron chi connectivity index (χ0n) is 9.42. The Morgan fingerprint density at radius 2 is 2.00 bits per heavy atom. The van der Waals surface area contributed by atoms with Crippen LogP contribution in [-0.2, 0) is 0 Å². The molecule has 0 aliphatic heterocycles. The topological polar surface area (TPSA) is 74.7 Å². The summed E-state index contributed by atoms with van der Waals surface area (Å²) in [6, 6.07) is 7.40. The molecule has 0 saturated carbocycles. The predicted octanol–water partition coefficient (Wildman–Crippen LogP) is 3.32. The van der Waals surface area contributed by atoms with Gasteiger partial charge in [-0.2, -0.15) is 5.26 Å². The first-order chi connectivity index (χ1) is 9.01. The van der Waals surface area contributed by atoms with Gasteiger partial charge in [0.25, 0.3) is 0 Å². The van der Waals surface area contributed by atoms with Crippen LogP contribution in [0.4, 0.5) is 26.1 Å². The normalized spacial score (nSPS) is 10.0. The molecule has 0 radical (unpaired) electrons. The highest BCUT2D eigenvalue weighted by atomic mass is 79.9. The standard InChI is InChI=1S/C12H7BrF2N4/c13-7-1-2-10(6(3-7)5-16)18-12-9(15)4-8(14)11(17)19-12/h1-4H,(H3,17,18,19). The summed E-state index contributed by atoms with van der Waals surface area (Å²) in [7, 11) is 0. The first-order valence-corrected chi connectivity index (χ1v) is 5.88. The summed E-state index contributed by atoms with van der Waals surface area (Å²) < 4.78 is 27.2. The van der Waals surface area contributed by atoms with Crippen LogP contribution < -0.4 is 11.1 Å². The minimum absolute atomic E-state index is 0.238. The molecule has 4 nitrogen and oxygen atoms in total. The Labute approximate surface area is 116 Å². The summed E-state index contributed by atoms with van der Waals surface area (Å²) in [5.74, 6) is -2.48. The Morgan fingerprint density at radius 1 is 1.26 bits per heavy atom. The van der Waals surface area contributed by atoms with Crippen LogP contribution in [0.15, 0.2) is 28.7 Å². The van der Waals surface area contributed by atoms with Crippen molar-refractivity contribution >= 4 is 33.3 Å². The molecule has 0 unspecified atom stereocenters. The minimum Gasteiger partial charge on any atom is -0.381 e. The first-order valence-electron chi connectivity index (χ1n) is 5.09. The highest BCUT2D eigenvalue weighted by Crippen LogP contribution is 2.25. The van der Waals surface area contributed by atoms with Gasteiger partial charge in [0.1, 0.15) is 6.07 Å². The maximum atomic E-state index is 13.5. The second kappa shape index (κ2) is 5.20. The van der Waals surface area contributed by atoms with Crippen LogP contribution in [0.2, 0.25) is 0 Å². The third-order valence-electron chi connectivity index (χ3n) is 2.31. The van der Waals surface area contributed by atoms with Crippen molar-refractivity contribution in [2.24, 2.45) is 0 Å². The van der Waals surface area contributed by atoms with Crippen molar-refractivity contribution in [3.8, 4) is 6.07 Å². The molecule has 96 valence electrons. The van der Waals surface area contributed by atoms with E-state index in [1.807, 2.05) is 6.07 Å². The van der Waals surface area contributed by atoms with Crippen LogP contribution in [-0.4, -0.2) is 4.98 Å². The van der Waals surface area contributed by atoms with Gasteiger partial charge in [-0.25, -0.2) is 13.8 Å². The van der Waals surface area contributed by atoms with Crippen molar-refractivity contribution in [1.82, 2.24) is 4.98 Å². The SMILES string of the molecule is N#Cc1cc(Br)ccc1Nc1nc(N)c(F)cc1F. The van der Waals surface area contributed by atoms with E-state index in [0.29, 0.717) is 21.8 Å². The fourth-order valence-electron chi connectivity index (χ4n) is 1.41. The van der Waals surface area contributed by atoms with E-state index < -0.39 is 17.5 Å². The minimum atomic E-state index is -0.931. The lowest BCUT2D eigenvalue weighted by Gasteiger charge is -2.09. The average molecular weight is 325 g/mol. The van der Waals surface area contributed by atoms with Gasteiger partial charge in [0.05, 0.1) is 11.3 Å². The zero-order valence-corrected chi connectivity index (χ0v) is 11.0. The Balaban J connectivity index is 2.42. The number of hydrogen-bond donors (Lipinski definition) is 2. The van der Waals surface area contributed by atoms with Gasteiger partial charge >= 0.3 is 0 Å². The van der Waals surface area contributed by atoms with Crippen LogP contribution in [0.1, 0.15) is 5.56 Å². The summed E-state index contributed by atoms with van der Waals surface area (Å²) in [6.07, 6.45) is 0. The number of nitrogens with one attached hydrogen (secondary N) is 1.